The van der Waals surface area contributed by atoms with Gasteiger partial charge in [0.15, 0.2) is 5.78 Å². The van der Waals surface area contributed by atoms with Gasteiger partial charge in [-0.15, -0.1) is 0 Å². The van der Waals surface area contributed by atoms with Crippen molar-refractivity contribution in [3.63, 3.8) is 0 Å². The quantitative estimate of drug-likeness (QED) is 0.544. The molecule has 2 aromatic rings. The fraction of sp³-hybridized carbons (Fsp3) is 0.515. The normalized spacial score (nSPS) is 23.1. The second-order valence-corrected chi connectivity index (χ2v) is 12.4. The lowest BCUT2D eigenvalue weighted by Gasteiger charge is -2.44. The van der Waals surface area contributed by atoms with Crippen LogP contribution >= 0.6 is 0 Å². The first-order valence-electron chi connectivity index (χ1n) is 14.7. The summed E-state index contributed by atoms with van der Waals surface area (Å²) in [6.07, 6.45) is 6.59. The average molecular weight is 524 g/mol. The Balaban J connectivity index is 1.28. The van der Waals surface area contributed by atoms with Gasteiger partial charge in [0, 0.05) is 61.6 Å². The van der Waals surface area contributed by atoms with Crippen molar-refractivity contribution in [2.45, 2.75) is 69.9 Å². The fourth-order valence-electron chi connectivity index (χ4n) is 7.25. The molecule has 39 heavy (non-hydrogen) atoms. The summed E-state index contributed by atoms with van der Waals surface area (Å²) in [7, 11) is 0. The first kappa shape index (κ1) is 24.9. The summed E-state index contributed by atoms with van der Waals surface area (Å²) in [6, 6.07) is 13.1. The Kier molecular flexibility index (Phi) is 6.06. The number of carbonyl (C=O) groups excluding carboxylic acids is 1. The van der Waals surface area contributed by atoms with Crippen LogP contribution in [0.25, 0.3) is 5.57 Å². The van der Waals surface area contributed by atoms with Crippen molar-refractivity contribution in [1.82, 2.24) is 4.90 Å². The molecule has 6 heteroatoms. The van der Waals surface area contributed by atoms with Gasteiger partial charge in [-0.25, -0.2) is 0 Å². The molecule has 0 unspecified atom stereocenters. The van der Waals surface area contributed by atoms with Gasteiger partial charge < -0.3 is 14.4 Å². The van der Waals surface area contributed by atoms with Gasteiger partial charge in [0.05, 0.1) is 30.5 Å². The molecule has 0 atom stereocenters. The summed E-state index contributed by atoms with van der Waals surface area (Å²) >= 11 is 0. The Labute approximate surface area is 231 Å². The van der Waals surface area contributed by atoms with Crippen molar-refractivity contribution in [2.75, 3.05) is 44.3 Å². The number of nitrogens with zero attached hydrogens (tertiary/aromatic N) is 3. The van der Waals surface area contributed by atoms with Crippen LogP contribution in [0, 0.1) is 11.3 Å². The van der Waals surface area contributed by atoms with E-state index in [9.17, 15) is 10.1 Å². The first-order chi connectivity index (χ1) is 18.9. The molecule has 6 nitrogen and oxygen atoms in total. The Hall–Kier alpha value is -3.14. The van der Waals surface area contributed by atoms with Gasteiger partial charge in [-0.2, -0.15) is 5.26 Å². The number of Topliss-reactive ketones (excluding diaryl/α,β-unsaturated/α-hetero) is 1. The Bertz CT molecular complexity index is 1400. The lowest BCUT2D eigenvalue weighted by Crippen LogP contribution is -2.52. The lowest BCUT2D eigenvalue weighted by molar-refractivity contribution is 0.0256. The minimum Gasteiger partial charge on any atom is -0.488 e. The monoisotopic (exact) mass is 523 g/mol. The van der Waals surface area contributed by atoms with Gasteiger partial charge in [-0.05, 0) is 65.8 Å². The van der Waals surface area contributed by atoms with Gasteiger partial charge in [-0.3, -0.25) is 9.69 Å². The molecule has 1 saturated carbocycles. The molecular formula is C33H37N3O3. The van der Waals surface area contributed by atoms with Crippen molar-refractivity contribution >= 4 is 17.0 Å². The van der Waals surface area contributed by atoms with Gasteiger partial charge in [-0.1, -0.05) is 26.3 Å². The van der Waals surface area contributed by atoms with Gasteiger partial charge in [0.1, 0.15) is 11.9 Å². The van der Waals surface area contributed by atoms with Crippen molar-refractivity contribution in [1.29, 1.82) is 5.26 Å². The average Bonchev–Trinajstić information content (AvgIpc) is 3.32. The Morgan fingerprint density at radius 2 is 1.77 bits per heavy atom. The van der Waals surface area contributed by atoms with Crippen molar-refractivity contribution in [2.24, 2.45) is 0 Å². The number of piperazine rings is 1. The van der Waals surface area contributed by atoms with Crippen molar-refractivity contribution in [3.8, 4) is 11.8 Å². The summed E-state index contributed by atoms with van der Waals surface area (Å²) in [5.74, 6) is 0.921. The van der Waals surface area contributed by atoms with E-state index in [1.54, 1.807) is 0 Å². The second kappa shape index (κ2) is 9.50. The number of benzene rings is 2. The molecule has 2 aliphatic heterocycles. The highest BCUT2D eigenvalue weighted by Crippen LogP contribution is 2.52. The summed E-state index contributed by atoms with van der Waals surface area (Å²) in [5.41, 5.74) is 7.38. The van der Waals surface area contributed by atoms with E-state index in [2.05, 4.69) is 35.8 Å². The number of nitriles is 1. The molecule has 202 valence electrons. The maximum atomic E-state index is 14.2. The molecular weight excluding hydrogens is 486 g/mol. The predicted octanol–water partition coefficient (Wildman–Crippen LogP) is 5.27. The molecule has 0 N–H and O–H groups in total. The van der Waals surface area contributed by atoms with E-state index in [0.717, 1.165) is 84.3 Å². The van der Waals surface area contributed by atoms with Crippen LogP contribution in [0.3, 0.4) is 0 Å². The number of ether oxygens (including phenoxy) is 2. The van der Waals surface area contributed by atoms with Crippen LogP contribution < -0.4 is 9.64 Å². The largest absolute Gasteiger partial charge is 0.488 e. The molecule has 3 aliphatic carbocycles. The highest BCUT2D eigenvalue weighted by Gasteiger charge is 2.44. The molecule has 7 rings (SSSR count). The summed E-state index contributed by atoms with van der Waals surface area (Å²) in [4.78, 5) is 19.3. The smallest absolute Gasteiger partial charge is 0.194 e. The maximum absolute atomic E-state index is 14.2. The minimum atomic E-state index is -0.301. The molecule has 0 bridgehead atoms. The highest BCUT2D eigenvalue weighted by molar-refractivity contribution is 6.33. The molecule has 2 aromatic carbocycles. The zero-order chi connectivity index (χ0) is 26.7. The molecule has 3 fully saturated rings. The highest BCUT2D eigenvalue weighted by atomic mass is 16.5. The van der Waals surface area contributed by atoms with Crippen LogP contribution in [0.5, 0.6) is 5.75 Å². The van der Waals surface area contributed by atoms with Crippen LogP contribution in [-0.4, -0.2) is 62.2 Å². The van der Waals surface area contributed by atoms with Gasteiger partial charge >= 0.3 is 0 Å². The zero-order valence-corrected chi connectivity index (χ0v) is 23.1. The van der Waals surface area contributed by atoms with Gasteiger partial charge in [0.25, 0.3) is 0 Å². The van der Waals surface area contributed by atoms with E-state index in [0.29, 0.717) is 25.2 Å². The molecule has 0 amide bonds. The molecule has 5 aliphatic rings. The number of rotatable bonds is 4. The third-order valence-electron chi connectivity index (χ3n) is 9.88. The molecule has 2 saturated heterocycles. The number of hydrogen-bond donors (Lipinski definition) is 0. The zero-order valence-electron chi connectivity index (χ0n) is 23.1. The standard InChI is InChI=1S/C33H37N3O3/c1-33(2)27-19-29(36-12-10-35(11-13-36)23-4-3-5-23)30(39-24-8-14-38-15-9-24)18-26(27)32(37)31-25-7-6-21(20-34)16-22(25)17-28(31)33/h6-7,16,18-19,23-24H,3-5,8-15,17H2,1-2H3. The second-order valence-electron chi connectivity index (χ2n) is 12.4. The minimum absolute atomic E-state index is 0.0842. The topological polar surface area (TPSA) is 65.8 Å². The van der Waals surface area contributed by atoms with E-state index in [-0.39, 0.29) is 17.3 Å². The fourth-order valence-corrected chi connectivity index (χ4v) is 7.25. The van der Waals surface area contributed by atoms with E-state index in [1.807, 2.05) is 24.3 Å². The maximum Gasteiger partial charge on any atom is 0.194 e. The van der Waals surface area contributed by atoms with E-state index in [4.69, 9.17) is 9.47 Å². The van der Waals surface area contributed by atoms with Gasteiger partial charge in [0.2, 0.25) is 0 Å². The third-order valence-corrected chi connectivity index (χ3v) is 9.88. The summed E-state index contributed by atoms with van der Waals surface area (Å²) in [6.45, 7) is 10.0. The molecule has 0 spiro atoms. The summed E-state index contributed by atoms with van der Waals surface area (Å²) in [5, 5.41) is 9.45. The van der Waals surface area contributed by atoms with E-state index >= 15 is 0 Å². The number of fused-ring (bicyclic) bond motifs is 3. The van der Waals surface area contributed by atoms with Crippen molar-refractivity contribution < 1.29 is 14.3 Å². The number of hydrogen-bond acceptors (Lipinski definition) is 6. The van der Waals surface area contributed by atoms with Crippen LogP contribution in [0.2, 0.25) is 0 Å². The van der Waals surface area contributed by atoms with Crippen LogP contribution in [-0.2, 0) is 16.6 Å². The molecule has 2 heterocycles. The Morgan fingerprint density at radius 3 is 2.46 bits per heavy atom. The van der Waals surface area contributed by atoms with E-state index < -0.39 is 0 Å². The van der Waals surface area contributed by atoms with Crippen molar-refractivity contribution in [3.05, 3.63) is 63.7 Å². The van der Waals surface area contributed by atoms with Crippen LogP contribution in [0.4, 0.5) is 5.69 Å². The lowest BCUT2D eigenvalue weighted by atomic mass is 9.68. The number of carbonyl (C=O) groups is 1. The van der Waals surface area contributed by atoms with E-state index in [1.165, 1.54) is 24.8 Å². The van der Waals surface area contributed by atoms with Crippen LogP contribution in [0.1, 0.15) is 78.6 Å². The molecule has 0 aromatic heterocycles. The molecule has 0 radical (unpaired) electrons. The first-order valence-corrected chi connectivity index (χ1v) is 14.7. The predicted molar refractivity (Wildman–Crippen MR) is 151 cm³/mol. The number of allylic oxidation sites excluding steroid dienone is 2. The third kappa shape index (κ3) is 4.10. The van der Waals surface area contributed by atoms with Crippen LogP contribution in [0.15, 0.2) is 35.9 Å². The SMILES string of the molecule is CC1(C)C2=C(C(=O)c3cc(OC4CCOCC4)c(N4CCN(C5CCC5)CC4)cc31)c1ccc(C#N)cc1C2. The number of anilines is 1. The Morgan fingerprint density at radius 1 is 1.00 bits per heavy atom. The number of ketones is 1. The summed E-state index contributed by atoms with van der Waals surface area (Å²) < 4.78 is 12.3.